The average Bonchev–Trinajstić information content (AvgIpc) is 2.59. The molecule has 0 bridgehead atoms. The lowest BCUT2D eigenvalue weighted by Gasteiger charge is -2.12. The van der Waals surface area contributed by atoms with Gasteiger partial charge in [0.25, 0.3) is 0 Å². The number of anilines is 1. The summed E-state index contributed by atoms with van der Waals surface area (Å²) in [5.41, 5.74) is 3.02. The highest BCUT2D eigenvalue weighted by molar-refractivity contribution is 5.91. The number of nitrogens with one attached hydrogen (secondary N) is 2. The summed E-state index contributed by atoms with van der Waals surface area (Å²) < 4.78 is 5.32. The number of para-hydroxylation sites is 2. The van der Waals surface area contributed by atoms with Crippen molar-refractivity contribution in [1.29, 1.82) is 0 Å². The first-order chi connectivity index (χ1) is 11.2. The fourth-order valence-electron chi connectivity index (χ4n) is 2.43. The van der Waals surface area contributed by atoms with Crippen molar-refractivity contribution >= 4 is 24.0 Å². The van der Waals surface area contributed by atoms with E-state index in [9.17, 15) is 4.79 Å². The molecule has 0 spiro atoms. The van der Waals surface area contributed by atoms with Crippen LogP contribution in [0.2, 0.25) is 0 Å². The zero-order valence-electron chi connectivity index (χ0n) is 14.2. The summed E-state index contributed by atoms with van der Waals surface area (Å²) in [4.78, 5) is 12.2. The monoisotopic (exact) mass is 348 g/mol. The standard InChI is InChI=1S/C19H24N2O2.ClH/c1-3-20-14-16-9-4-6-10-17(16)21-19(22)13-12-15-8-5-7-11-18(15)23-2;/h4-11,20H,3,12-14H2,1-2H3,(H,21,22);1H. The SMILES string of the molecule is CCNCc1ccccc1NC(=O)CCc1ccccc1OC.Cl. The van der Waals surface area contributed by atoms with Crippen molar-refractivity contribution in [2.45, 2.75) is 26.3 Å². The van der Waals surface area contributed by atoms with Gasteiger partial charge in [-0.1, -0.05) is 43.3 Å². The second-order valence-electron chi connectivity index (χ2n) is 5.30. The fraction of sp³-hybridized carbons (Fsp3) is 0.316. The van der Waals surface area contributed by atoms with Crippen LogP contribution in [-0.4, -0.2) is 19.6 Å². The quantitative estimate of drug-likeness (QED) is 0.763. The zero-order valence-corrected chi connectivity index (χ0v) is 15.0. The number of amides is 1. The van der Waals surface area contributed by atoms with Gasteiger partial charge in [0.15, 0.2) is 0 Å². The Balaban J connectivity index is 0.00000288. The first kappa shape index (κ1) is 20.0. The normalized spacial score (nSPS) is 9.92. The Bertz CT molecular complexity index is 647. The molecule has 4 nitrogen and oxygen atoms in total. The van der Waals surface area contributed by atoms with Crippen LogP contribution in [0.25, 0.3) is 0 Å². The van der Waals surface area contributed by atoms with Gasteiger partial charge in [-0.15, -0.1) is 12.4 Å². The van der Waals surface area contributed by atoms with Gasteiger partial charge in [0.05, 0.1) is 7.11 Å². The number of halogens is 1. The first-order valence-corrected chi connectivity index (χ1v) is 7.95. The van der Waals surface area contributed by atoms with E-state index in [0.717, 1.165) is 35.7 Å². The van der Waals surface area contributed by atoms with E-state index < -0.39 is 0 Å². The molecule has 2 aromatic rings. The number of rotatable bonds is 8. The van der Waals surface area contributed by atoms with Gasteiger partial charge in [-0.3, -0.25) is 4.79 Å². The molecule has 2 rings (SSSR count). The van der Waals surface area contributed by atoms with Crippen molar-refractivity contribution in [2.24, 2.45) is 0 Å². The van der Waals surface area contributed by atoms with Crippen LogP contribution in [-0.2, 0) is 17.8 Å². The van der Waals surface area contributed by atoms with Crippen LogP contribution in [0.3, 0.4) is 0 Å². The number of carbonyl (C=O) groups excluding carboxylic acids is 1. The lowest BCUT2D eigenvalue weighted by molar-refractivity contribution is -0.116. The number of aryl methyl sites for hydroxylation is 1. The third kappa shape index (κ3) is 5.87. The molecular formula is C19H25ClN2O2. The van der Waals surface area contributed by atoms with Crippen LogP contribution in [0.5, 0.6) is 5.75 Å². The summed E-state index contributed by atoms with van der Waals surface area (Å²) in [7, 11) is 1.65. The molecule has 0 radical (unpaired) electrons. The highest BCUT2D eigenvalue weighted by atomic mass is 35.5. The summed E-state index contributed by atoms with van der Waals surface area (Å²) in [6.07, 6.45) is 1.08. The van der Waals surface area contributed by atoms with Gasteiger partial charge >= 0.3 is 0 Å². The number of methoxy groups -OCH3 is 1. The van der Waals surface area contributed by atoms with Crippen molar-refractivity contribution < 1.29 is 9.53 Å². The second-order valence-corrected chi connectivity index (χ2v) is 5.30. The molecule has 0 saturated heterocycles. The van der Waals surface area contributed by atoms with Crippen LogP contribution >= 0.6 is 12.4 Å². The smallest absolute Gasteiger partial charge is 0.224 e. The lowest BCUT2D eigenvalue weighted by atomic mass is 10.1. The number of hydrogen-bond acceptors (Lipinski definition) is 3. The molecule has 0 aliphatic heterocycles. The van der Waals surface area contributed by atoms with Crippen LogP contribution in [0.4, 0.5) is 5.69 Å². The van der Waals surface area contributed by atoms with Gasteiger partial charge in [0.2, 0.25) is 5.91 Å². The van der Waals surface area contributed by atoms with E-state index in [4.69, 9.17) is 4.74 Å². The predicted octanol–water partition coefficient (Wildman–Crippen LogP) is 3.80. The molecule has 0 saturated carbocycles. The minimum Gasteiger partial charge on any atom is -0.496 e. The number of carbonyl (C=O) groups is 1. The van der Waals surface area contributed by atoms with Crippen molar-refractivity contribution in [3.05, 3.63) is 59.7 Å². The Labute approximate surface area is 150 Å². The molecule has 0 heterocycles. The van der Waals surface area contributed by atoms with Gasteiger partial charge in [-0.2, -0.15) is 0 Å². The molecule has 2 aromatic carbocycles. The van der Waals surface area contributed by atoms with Crippen molar-refractivity contribution in [2.75, 3.05) is 19.0 Å². The molecule has 24 heavy (non-hydrogen) atoms. The highest BCUT2D eigenvalue weighted by Gasteiger charge is 2.08. The van der Waals surface area contributed by atoms with Crippen molar-refractivity contribution in [3.63, 3.8) is 0 Å². The average molecular weight is 349 g/mol. The van der Waals surface area contributed by atoms with E-state index in [0.29, 0.717) is 12.8 Å². The van der Waals surface area contributed by atoms with Gasteiger partial charge in [-0.25, -0.2) is 0 Å². The van der Waals surface area contributed by atoms with Crippen LogP contribution in [0, 0.1) is 0 Å². The Morgan fingerprint density at radius 2 is 1.71 bits per heavy atom. The molecule has 0 unspecified atom stereocenters. The number of ether oxygens (including phenoxy) is 1. The Morgan fingerprint density at radius 3 is 2.42 bits per heavy atom. The van der Waals surface area contributed by atoms with Crippen molar-refractivity contribution in [3.8, 4) is 5.75 Å². The third-order valence-electron chi connectivity index (χ3n) is 3.67. The van der Waals surface area contributed by atoms with E-state index in [2.05, 4.69) is 17.6 Å². The van der Waals surface area contributed by atoms with E-state index >= 15 is 0 Å². The van der Waals surface area contributed by atoms with Crippen LogP contribution in [0.15, 0.2) is 48.5 Å². The largest absolute Gasteiger partial charge is 0.496 e. The molecule has 0 aromatic heterocycles. The molecule has 0 atom stereocenters. The van der Waals surface area contributed by atoms with Crippen LogP contribution in [0.1, 0.15) is 24.5 Å². The molecule has 2 N–H and O–H groups in total. The summed E-state index contributed by atoms with van der Waals surface area (Å²) in [5, 5.41) is 6.29. The van der Waals surface area contributed by atoms with Crippen molar-refractivity contribution in [1.82, 2.24) is 5.32 Å². The maximum atomic E-state index is 12.2. The molecular weight excluding hydrogens is 324 g/mol. The maximum absolute atomic E-state index is 12.2. The van der Waals surface area contributed by atoms with E-state index in [-0.39, 0.29) is 18.3 Å². The topological polar surface area (TPSA) is 50.4 Å². The summed E-state index contributed by atoms with van der Waals surface area (Å²) in [5.74, 6) is 0.840. The van der Waals surface area contributed by atoms with Gasteiger partial charge < -0.3 is 15.4 Å². The second kappa shape index (κ2) is 10.7. The van der Waals surface area contributed by atoms with Gasteiger partial charge in [-0.05, 0) is 36.2 Å². The lowest BCUT2D eigenvalue weighted by Crippen LogP contribution is -2.17. The minimum absolute atomic E-state index is 0. The maximum Gasteiger partial charge on any atom is 0.224 e. The third-order valence-corrected chi connectivity index (χ3v) is 3.67. The van der Waals surface area contributed by atoms with E-state index in [1.165, 1.54) is 0 Å². The number of benzene rings is 2. The molecule has 0 fully saturated rings. The zero-order chi connectivity index (χ0) is 16.5. The Kier molecular flexibility index (Phi) is 8.90. The van der Waals surface area contributed by atoms with E-state index in [1.54, 1.807) is 7.11 Å². The molecule has 0 aliphatic rings. The Hall–Kier alpha value is -2.04. The summed E-state index contributed by atoms with van der Waals surface area (Å²) >= 11 is 0. The fourth-order valence-corrected chi connectivity index (χ4v) is 2.43. The molecule has 130 valence electrons. The summed E-state index contributed by atoms with van der Waals surface area (Å²) in [6.45, 7) is 3.71. The van der Waals surface area contributed by atoms with E-state index in [1.807, 2.05) is 48.5 Å². The predicted molar refractivity (Wildman–Crippen MR) is 101 cm³/mol. The summed E-state index contributed by atoms with van der Waals surface area (Å²) in [6, 6.07) is 15.7. The van der Waals surface area contributed by atoms with Crippen LogP contribution < -0.4 is 15.4 Å². The number of hydrogen-bond donors (Lipinski definition) is 2. The molecule has 0 aliphatic carbocycles. The molecule has 1 amide bonds. The first-order valence-electron chi connectivity index (χ1n) is 7.95. The molecule has 5 heteroatoms. The highest BCUT2D eigenvalue weighted by Crippen LogP contribution is 2.20. The van der Waals surface area contributed by atoms with Gasteiger partial charge in [0.1, 0.15) is 5.75 Å². The Morgan fingerprint density at radius 1 is 1.04 bits per heavy atom. The minimum atomic E-state index is 0. The van der Waals surface area contributed by atoms with Gasteiger partial charge in [0, 0.05) is 18.7 Å².